The van der Waals surface area contributed by atoms with Crippen LogP contribution in [0.15, 0.2) is 17.4 Å². The number of piperidine rings is 1. The van der Waals surface area contributed by atoms with E-state index in [9.17, 15) is 0 Å². The SMILES string of the molecule is CSc1nccnc1COCCC1CCNCC1.Cl. The van der Waals surface area contributed by atoms with Gasteiger partial charge >= 0.3 is 0 Å². The molecule has 0 aromatic carbocycles. The van der Waals surface area contributed by atoms with E-state index in [1.54, 1.807) is 24.2 Å². The number of hydrogen-bond donors (Lipinski definition) is 1. The van der Waals surface area contributed by atoms with Crippen LogP contribution in [0.5, 0.6) is 0 Å². The number of hydrogen-bond acceptors (Lipinski definition) is 5. The number of nitrogens with one attached hydrogen (secondary N) is 1. The Morgan fingerprint density at radius 1 is 1.32 bits per heavy atom. The first-order valence-electron chi connectivity index (χ1n) is 6.52. The summed E-state index contributed by atoms with van der Waals surface area (Å²) in [4.78, 5) is 8.59. The predicted octanol–water partition coefficient (Wildman–Crippen LogP) is 2.53. The topological polar surface area (TPSA) is 47.0 Å². The summed E-state index contributed by atoms with van der Waals surface area (Å²) >= 11 is 1.62. The first kappa shape index (κ1) is 16.7. The van der Waals surface area contributed by atoms with Gasteiger partial charge in [-0.15, -0.1) is 24.2 Å². The van der Waals surface area contributed by atoms with Gasteiger partial charge in [-0.3, -0.25) is 4.98 Å². The third-order valence-electron chi connectivity index (χ3n) is 3.30. The molecule has 2 heterocycles. The second-order valence-corrected chi connectivity index (χ2v) is 5.34. The highest BCUT2D eigenvalue weighted by molar-refractivity contribution is 7.98. The van der Waals surface area contributed by atoms with Crippen LogP contribution in [-0.2, 0) is 11.3 Å². The van der Waals surface area contributed by atoms with Gasteiger partial charge in [0.05, 0.1) is 12.3 Å². The first-order chi connectivity index (χ1) is 8.90. The van der Waals surface area contributed by atoms with Gasteiger partial charge in [0.15, 0.2) is 0 Å². The molecule has 1 fully saturated rings. The number of aromatic nitrogens is 2. The van der Waals surface area contributed by atoms with Crippen molar-refractivity contribution in [2.45, 2.75) is 30.9 Å². The van der Waals surface area contributed by atoms with Gasteiger partial charge in [-0.25, -0.2) is 4.98 Å². The summed E-state index contributed by atoms with van der Waals surface area (Å²) in [5.74, 6) is 0.827. The van der Waals surface area contributed by atoms with Gasteiger partial charge in [0.1, 0.15) is 5.03 Å². The molecule has 1 N–H and O–H groups in total. The van der Waals surface area contributed by atoms with Crippen molar-refractivity contribution in [2.75, 3.05) is 26.0 Å². The first-order valence-corrected chi connectivity index (χ1v) is 7.75. The maximum atomic E-state index is 5.73. The number of ether oxygens (including phenoxy) is 1. The number of thioether (sulfide) groups is 1. The van der Waals surface area contributed by atoms with Crippen molar-refractivity contribution in [3.8, 4) is 0 Å². The molecule has 0 spiro atoms. The van der Waals surface area contributed by atoms with Crippen LogP contribution < -0.4 is 5.32 Å². The standard InChI is InChI=1S/C13H21N3OS.ClH/c1-18-13-12(15-7-8-16-13)10-17-9-4-11-2-5-14-6-3-11;/h7-8,11,14H,2-6,9-10H2,1H3;1H. The van der Waals surface area contributed by atoms with E-state index in [2.05, 4.69) is 15.3 Å². The minimum atomic E-state index is 0. The van der Waals surface area contributed by atoms with Crippen molar-refractivity contribution in [1.29, 1.82) is 0 Å². The summed E-state index contributed by atoms with van der Waals surface area (Å²) in [7, 11) is 0. The number of halogens is 1. The lowest BCUT2D eigenvalue weighted by Crippen LogP contribution is -2.28. The average Bonchev–Trinajstić information content (AvgIpc) is 2.45. The molecule has 0 unspecified atom stereocenters. The van der Waals surface area contributed by atoms with Gasteiger partial charge in [-0.2, -0.15) is 0 Å². The molecule has 108 valence electrons. The van der Waals surface area contributed by atoms with E-state index >= 15 is 0 Å². The maximum absolute atomic E-state index is 5.73. The lowest BCUT2D eigenvalue weighted by molar-refractivity contribution is 0.0985. The van der Waals surface area contributed by atoms with Crippen LogP contribution in [0.1, 0.15) is 25.0 Å². The normalized spacial score (nSPS) is 16.1. The Kier molecular flexibility index (Phi) is 8.37. The molecule has 0 atom stereocenters. The molecule has 0 aliphatic carbocycles. The van der Waals surface area contributed by atoms with E-state index in [1.165, 1.54) is 12.8 Å². The van der Waals surface area contributed by atoms with Gasteiger partial charge in [0, 0.05) is 19.0 Å². The molecule has 1 aromatic heterocycles. The van der Waals surface area contributed by atoms with Gasteiger partial charge in [-0.05, 0) is 44.5 Å². The minimum absolute atomic E-state index is 0. The molecule has 1 aliphatic heterocycles. The number of nitrogens with zero attached hydrogens (tertiary/aromatic N) is 2. The fourth-order valence-electron chi connectivity index (χ4n) is 2.21. The average molecular weight is 304 g/mol. The molecular weight excluding hydrogens is 282 g/mol. The predicted molar refractivity (Wildman–Crippen MR) is 80.9 cm³/mol. The van der Waals surface area contributed by atoms with Crippen molar-refractivity contribution in [3.63, 3.8) is 0 Å². The Morgan fingerprint density at radius 2 is 2.05 bits per heavy atom. The third kappa shape index (κ3) is 5.65. The van der Waals surface area contributed by atoms with Gasteiger partial charge in [0.25, 0.3) is 0 Å². The lowest BCUT2D eigenvalue weighted by Gasteiger charge is -2.22. The molecule has 19 heavy (non-hydrogen) atoms. The summed E-state index contributed by atoms with van der Waals surface area (Å²) in [5.41, 5.74) is 0.954. The van der Waals surface area contributed by atoms with E-state index in [0.29, 0.717) is 6.61 Å². The Balaban J connectivity index is 0.00000180. The Morgan fingerprint density at radius 3 is 2.79 bits per heavy atom. The molecular formula is C13H22ClN3OS. The van der Waals surface area contributed by atoms with Crippen molar-refractivity contribution in [3.05, 3.63) is 18.1 Å². The second-order valence-electron chi connectivity index (χ2n) is 4.55. The zero-order chi connectivity index (χ0) is 12.6. The van der Waals surface area contributed by atoms with E-state index in [0.717, 1.165) is 42.8 Å². The summed E-state index contributed by atoms with van der Waals surface area (Å²) in [6.07, 6.45) is 9.20. The molecule has 0 saturated carbocycles. The Labute approximate surface area is 125 Å². The van der Waals surface area contributed by atoms with Crippen LogP contribution >= 0.6 is 24.2 Å². The minimum Gasteiger partial charge on any atom is -0.375 e. The fourth-order valence-corrected chi connectivity index (χ4v) is 2.73. The molecule has 1 aliphatic rings. The smallest absolute Gasteiger partial charge is 0.120 e. The van der Waals surface area contributed by atoms with Crippen molar-refractivity contribution in [2.24, 2.45) is 5.92 Å². The van der Waals surface area contributed by atoms with Crippen LogP contribution in [0.3, 0.4) is 0 Å². The monoisotopic (exact) mass is 303 g/mol. The van der Waals surface area contributed by atoms with Crippen LogP contribution in [-0.4, -0.2) is 35.9 Å². The summed E-state index contributed by atoms with van der Waals surface area (Å²) < 4.78 is 5.73. The maximum Gasteiger partial charge on any atom is 0.120 e. The molecule has 1 aromatic rings. The summed E-state index contributed by atoms with van der Waals surface area (Å²) in [5, 5.41) is 4.36. The molecule has 0 amide bonds. The fraction of sp³-hybridized carbons (Fsp3) is 0.692. The number of rotatable bonds is 6. The van der Waals surface area contributed by atoms with Crippen LogP contribution in [0.4, 0.5) is 0 Å². The second kappa shape index (κ2) is 9.53. The van der Waals surface area contributed by atoms with Crippen LogP contribution in [0, 0.1) is 5.92 Å². The molecule has 1 saturated heterocycles. The van der Waals surface area contributed by atoms with E-state index in [4.69, 9.17) is 4.74 Å². The molecule has 0 radical (unpaired) electrons. The van der Waals surface area contributed by atoms with E-state index in [1.807, 2.05) is 6.26 Å². The highest BCUT2D eigenvalue weighted by atomic mass is 35.5. The molecule has 6 heteroatoms. The van der Waals surface area contributed by atoms with Crippen molar-refractivity contribution >= 4 is 24.2 Å². The zero-order valence-electron chi connectivity index (χ0n) is 11.3. The third-order valence-corrected chi connectivity index (χ3v) is 4.02. The van der Waals surface area contributed by atoms with Crippen molar-refractivity contribution < 1.29 is 4.74 Å². The van der Waals surface area contributed by atoms with E-state index in [-0.39, 0.29) is 12.4 Å². The van der Waals surface area contributed by atoms with Gasteiger partial charge in [0.2, 0.25) is 0 Å². The zero-order valence-corrected chi connectivity index (χ0v) is 12.9. The van der Waals surface area contributed by atoms with Crippen LogP contribution in [0.25, 0.3) is 0 Å². The molecule has 0 bridgehead atoms. The van der Waals surface area contributed by atoms with E-state index < -0.39 is 0 Å². The lowest BCUT2D eigenvalue weighted by atomic mass is 9.95. The summed E-state index contributed by atoms with van der Waals surface area (Å²) in [6, 6.07) is 0. The molecule has 2 rings (SSSR count). The largest absolute Gasteiger partial charge is 0.375 e. The van der Waals surface area contributed by atoms with Gasteiger partial charge < -0.3 is 10.1 Å². The Bertz CT molecular complexity index is 361. The summed E-state index contributed by atoms with van der Waals surface area (Å²) in [6.45, 7) is 3.72. The molecule has 4 nitrogen and oxygen atoms in total. The van der Waals surface area contributed by atoms with Crippen LogP contribution in [0.2, 0.25) is 0 Å². The highest BCUT2D eigenvalue weighted by Crippen LogP contribution is 2.18. The highest BCUT2D eigenvalue weighted by Gasteiger charge is 2.12. The van der Waals surface area contributed by atoms with Gasteiger partial charge in [-0.1, -0.05) is 0 Å². The van der Waals surface area contributed by atoms with Crippen molar-refractivity contribution in [1.82, 2.24) is 15.3 Å². The quantitative estimate of drug-likeness (QED) is 0.646. The Hall–Kier alpha value is -0.360.